The molecule has 1 amide bonds. The summed E-state index contributed by atoms with van der Waals surface area (Å²) in [6, 6.07) is 10.9. The number of rotatable bonds is 5. The minimum absolute atomic E-state index is 0.357. The molecule has 0 radical (unpaired) electrons. The average molecular weight is 402 g/mol. The molecule has 0 heterocycles. The SMILES string of the molecule is CN(C)S(=O)(=O)N(C)c1ccc(C(=O)Nc2cc(Cl)ccc2Cl)cc1. The van der Waals surface area contributed by atoms with Crippen LogP contribution in [0.4, 0.5) is 11.4 Å². The van der Waals surface area contributed by atoms with Crippen LogP contribution in [0.25, 0.3) is 0 Å². The van der Waals surface area contributed by atoms with E-state index in [4.69, 9.17) is 23.2 Å². The Hall–Kier alpha value is -1.80. The van der Waals surface area contributed by atoms with Crippen molar-refractivity contribution in [2.24, 2.45) is 0 Å². The standard InChI is InChI=1S/C16H17Cl2N3O3S/c1-20(2)25(23,24)21(3)13-7-4-11(5-8-13)16(22)19-15-10-12(17)6-9-14(15)18/h4-10H,1-3H3,(H,19,22). The summed E-state index contributed by atoms with van der Waals surface area (Å²) in [6.07, 6.45) is 0. The van der Waals surface area contributed by atoms with Crippen LogP contribution in [0.2, 0.25) is 10.0 Å². The van der Waals surface area contributed by atoms with Crippen LogP contribution in [0.3, 0.4) is 0 Å². The zero-order valence-electron chi connectivity index (χ0n) is 13.8. The van der Waals surface area contributed by atoms with Gasteiger partial charge < -0.3 is 5.32 Å². The van der Waals surface area contributed by atoms with Gasteiger partial charge >= 0.3 is 10.2 Å². The van der Waals surface area contributed by atoms with Crippen LogP contribution in [-0.4, -0.2) is 39.8 Å². The fraction of sp³-hybridized carbons (Fsp3) is 0.188. The summed E-state index contributed by atoms with van der Waals surface area (Å²) in [4.78, 5) is 12.3. The van der Waals surface area contributed by atoms with Crippen LogP contribution in [0.15, 0.2) is 42.5 Å². The Morgan fingerprint density at radius 3 is 2.16 bits per heavy atom. The maximum atomic E-state index is 12.3. The number of nitrogens with one attached hydrogen (secondary N) is 1. The Morgan fingerprint density at radius 1 is 1.00 bits per heavy atom. The lowest BCUT2D eigenvalue weighted by molar-refractivity contribution is 0.102. The summed E-state index contributed by atoms with van der Waals surface area (Å²) >= 11 is 11.9. The second-order valence-electron chi connectivity index (χ2n) is 5.38. The van der Waals surface area contributed by atoms with E-state index in [2.05, 4.69) is 5.32 Å². The summed E-state index contributed by atoms with van der Waals surface area (Å²) in [6.45, 7) is 0. The van der Waals surface area contributed by atoms with Crippen molar-refractivity contribution in [1.82, 2.24) is 4.31 Å². The van der Waals surface area contributed by atoms with Gasteiger partial charge in [0.15, 0.2) is 0 Å². The molecule has 6 nitrogen and oxygen atoms in total. The molecule has 2 aromatic rings. The molecule has 0 fully saturated rings. The Morgan fingerprint density at radius 2 is 1.60 bits per heavy atom. The van der Waals surface area contributed by atoms with Gasteiger partial charge in [0, 0.05) is 31.7 Å². The molecule has 0 aromatic heterocycles. The van der Waals surface area contributed by atoms with E-state index in [-0.39, 0.29) is 5.91 Å². The van der Waals surface area contributed by atoms with Gasteiger partial charge in [-0.2, -0.15) is 12.7 Å². The van der Waals surface area contributed by atoms with Gasteiger partial charge in [-0.15, -0.1) is 0 Å². The first kappa shape index (κ1) is 19.5. The molecule has 0 bridgehead atoms. The van der Waals surface area contributed by atoms with E-state index in [1.165, 1.54) is 33.3 Å². The third kappa shape index (κ3) is 4.43. The Balaban J connectivity index is 2.19. The molecule has 25 heavy (non-hydrogen) atoms. The summed E-state index contributed by atoms with van der Waals surface area (Å²) in [7, 11) is 0.746. The third-order valence-corrected chi connectivity index (χ3v) is 5.87. The van der Waals surface area contributed by atoms with Gasteiger partial charge in [0.05, 0.1) is 16.4 Å². The number of benzene rings is 2. The molecule has 134 valence electrons. The van der Waals surface area contributed by atoms with Crippen LogP contribution in [0, 0.1) is 0 Å². The van der Waals surface area contributed by atoms with Crippen molar-refractivity contribution >= 4 is 50.7 Å². The molecule has 2 rings (SSSR count). The highest BCUT2D eigenvalue weighted by molar-refractivity contribution is 7.90. The van der Waals surface area contributed by atoms with Gasteiger partial charge in [-0.3, -0.25) is 9.10 Å². The van der Waals surface area contributed by atoms with E-state index in [1.807, 2.05) is 0 Å². The summed E-state index contributed by atoms with van der Waals surface area (Å²) in [5, 5.41) is 3.49. The third-order valence-electron chi connectivity index (χ3n) is 3.48. The van der Waals surface area contributed by atoms with Gasteiger partial charge in [-0.1, -0.05) is 23.2 Å². The van der Waals surface area contributed by atoms with Gasteiger partial charge in [0.2, 0.25) is 0 Å². The Bertz CT molecular complexity index is 884. The molecule has 0 aliphatic rings. The second kappa shape index (κ2) is 7.61. The number of carbonyl (C=O) groups excluding carboxylic acids is 1. The van der Waals surface area contributed by atoms with Crippen molar-refractivity contribution in [3.63, 3.8) is 0 Å². The maximum Gasteiger partial charge on any atom is 0.303 e. The van der Waals surface area contributed by atoms with E-state index in [1.54, 1.807) is 30.3 Å². The lowest BCUT2D eigenvalue weighted by atomic mass is 10.2. The van der Waals surface area contributed by atoms with E-state index in [0.29, 0.717) is 27.0 Å². The average Bonchev–Trinajstić information content (AvgIpc) is 2.57. The summed E-state index contributed by atoms with van der Waals surface area (Å²) in [5.74, 6) is -0.381. The Labute approximate surface area is 157 Å². The second-order valence-corrected chi connectivity index (χ2v) is 8.40. The largest absolute Gasteiger partial charge is 0.321 e. The van der Waals surface area contributed by atoms with Crippen molar-refractivity contribution in [2.75, 3.05) is 30.8 Å². The van der Waals surface area contributed by atoms with Gasteiger partial charge in [0.25, 0.3) is 5.91 Å². The summed E-state index contributed by atoms with van der Waals surface area (Å²) in [5.41, 5.74) is 1.19. The van der Waals surface area contributed by atoms with Crippen molar-refractivity contribution in [3.8, 4) is 0 Å². The first-order valence-corrected chi connectivity index (χ1v) is 9.31. The van der Waals surface area contributed by atoms with Crippen molar-refractivity contribution in [3.05, 3.63) is 58.1 Å². The van der Waals surface area contributed by atoms with Crippen LogP contribution < -0.4 is 9.62 Å². The van der Waals surface area contributed by atoms with Crippen LogP contribution in [0.5, 0.6) is 0 Å². The fourth-order valence-corrected chi connectivity index (χ4v) is 3.20. The van der Waals surface area contributed by atoms with Crippen LogP contribution in [-0.2, 0) is 10.2 Å². The van der Waals surface area contributed by atoms with Crippen LogP contribution >= 0.6 is 23.2 Å². The van der Waals surface area contributed by atoms with E-state index >= 15 is 0 Å². The quantitative estimate of drug-likeness (QED) is 0.833. The smallest absolute Gasteiger partial charge is 0.303 e. The lowest BCUT2D eigenvalue weighted by Crippen LogP contribution is -2.37. The monoisotopic (exact) mass is 401 g/mol. The molecular formula is C16H17Cl2N3O3S. The number of hydrogen-bond donors (Lipinski definition) is 1. The highest BCUT2D eigenvalue weighted by Crippen LogP contribution is 2.26. The minimum atomic E-state index is -3.59. The highest BCUT2D eigenvalue weighted by atomic mass is 35.5. The molecule has 9 heteroatoms. The molecule has 0 saturated carbocycles. The first-order valence-electron chi connectivity index (χ1n) is 7.16. The van der Waals surface area contributed by atoms with Gasteiger partial charge in [0.1, 0.15) is 0 Å². The predicted octanol–water partition coefficient (Wildman–Crippen LogP) is 3.49. The van der Waals surface area contributed by atoms with Crippen molar-refractivity contribution < 1.29 is 13.2 Å². The molecule has 2 aromatic carbocycles. The summed E-state index contributed by atoms with van der Waals surface area (Å²) < 4.78 is 26.4. The first-order chi connectivity index (χ1) is 11.6. The molecule has 0 aliphatic carbocycles. The van der Waals surface area contributed by atoms with E-state index in [0.717, 1.165) is 8.61 Å². The number of halogens is 2. The molecule has 1 N–H and O–H groups in total. The minimum Gasteiger partial charge on any atom is -0.321 e. The molecular weight excluding hydrogens is 385 g/mol. The molecule has 0 saturated heterocycles. The fourth-order valence-electron chi connectivity index (χ4n) is 1.99. The number of amides is 1. The maximum absolute atomic E-state index is 12.3. The molecule has 0 aliphatic heterocycles. The highest BCUT2D eigenvalue weighted by Gasteiger charge is 2.21. The molecule has 0 spiro atoms. The van der Waals surface area contributed by atoms with Gasteiger partial charge in [-0.05, 0) is 42.5 Å². The normalized spacial score (nSPS) is 11.4. The van der Waals surface area contributed by atoms with Gasteiger partial charge in [-0.25, -0.2) is 0 Å². The topological polar surface area (TPSA) is 69.7 Å². The number of hydrogen-bond acceptors (Lipinski definition) is 3. The van der Waals surface area contributed by atoms with E-state index in [9.17, 15) is 13.2 Å². The van der Waals surface area contributed by atoms with E-state index < -0.39 is 10.2 Å². The van der Waals surface area contributed by atoms with Crippen molar-refractivity contribution in [2.45, 2.75) is 0 Å². The number of anilines is 2. The van der Waals surface area contributed by atoms with Crippen molar-refractivity contribution in [1.29, 1.82) is 0 Å². The van der Waals surface area contributed by atoms with Crippen LogP contribution in [0.1, 0.15) is 10.4 Å². The zero-order chi connectivity index (χ0) is 18.8. The number of nitrogens with zero attached hydrogens (tertiary/aromatic N) is 2. The molecule has 0 unspecified atom stereocenters. The predicted molar refractivity (Wildman–Crippen MR) is 102 cm³/mol. The lowest BCUT2D eigenvalue weighted by Gasteiger charge is -2.23. The number of carbonyl (C=O) groups is 1. The molecule has 0 atom stereocenters. The zero-order valence-corrected chi connectivity index (χ0v) is 16.2. The Kier molecular flexibility index (Phi) is 5.95.